The summed E-state index contributed by atoms with van der Waals surface area (Å²) in [5, 5.41) is 13.3. The summed E-state index contributed by atoms with van der Waals surface area (Å²) in [7, 11) is 1.55. The Bertz CT molecular complexity index is 1360. The van der Waals surface area contributed by atoms with E-state index in [0.29, 0.717) is 47.3 Å². The topological polar surface area (TPSA) is 98.0 Å². The van der Waals surface area contributed by atoms with Gasteiger partial charge in [0, 0.05) is 18.2 Å². The molecule has 0 aliphatic heterocycles. The number of amides is 1. The first-order valence-electron chi connectivity index (χ1n) is 12.8. The molecule has 38 heavy (non-hydrogen) atoms. The summed E-state index contributed by atoms with van der Waals surface area (Å²) < 4.78 is 17.1. The van der Waals surface area contributed by atoms with Crippen LogP contribution in [0.5, 0.6) is 5.75 Å². The van der Waals surface area contributed by atoms with E-state index in [4.69, 9.17) is 13.9 Å². The number of hydrogen-bond acceptors (Lipinski definition) is 6. The van der Waals surface area contributed by atoms with Crippen molar-refractivity contribution in [1.29, 1.82) is 0 Å². The van der Waals surface area contributed by atoms with Crippen molar-refractivity contribution in [2.45, 2.75) is 38.6 Å². The van der Waals surface area contributed by atoms with Gasteiger partial charge in [-0.25, -0.2) is 4.79 Å². The second kappa shape index (κ2) is 12.9. The fourth-order valence-electron chi connectivity index (χ4n) is 4.52. The molecule has 0 aliphatic carbocycles. The van der Waals surface area contributed by atoms with E-state index in [-0.39, 0.29) is 31.6 Å². The van der Waals surface area contributed by atoms with E-state index >= 15 is 0 Å². The predicted octanol–water partition coefficient (Wildman–Crippen LogP) is 4.86. The number of carbonyl (C=O) groups is 2. The van der Waals surface area contributed by atoms with E-state index in [0.717, 1.165) is 16.7 Å². The summed E-state index contributed by atoms with van der Waals surface area (Å²) in [6.45, 7) is 1.85. The van der Waals surface area contributed by atoms with Crippen molar-refractivity contribution < 1.29 is 28.6 Å². The van der Waals surface area contributed by atoms with Crippen LogP contribution in [0, 0.1) is 0 Å². The van der Waals surface area contributed by atoms with Crippen molar-refractivity contribution in [2.24, 2.45) is 0 Å². The van der Waals surface area contributed by atoms with E-state index < -0.39 is 5.97 Å². The fourth-order valence-corrected chi connectivity index (χ4v) is 4.52. The van der Waals surface area contributed by atoms with E-state index in [1.165, 1.54) is 0 Å². The molecular formula is C31H33NO6. The van der Waals surface area contributed by atoms with Crippen LogP contribution in [-0.2, 0) is 28.8 Å². The van der Waals surface area contributed by atoms with Crippen LogP contribution in [0.25, 0.3) is 11.0 Å². The minimum atomic E-state index is -0.458. The molecule has 0 bridgehead atoms. The fraction of sp³-hybridized carbons (Fsp3) is 0.290. The van der Waals surface area contributed by atoms with E-state index in [1.54, 1.807) is 14.0 Å². The van der Waals surface area contributed by atoms with Crippen molar-refractivity contribution in [3.8, 4) is 5.75 Å². The van der Waals surface area contributed by atoms with Gasteiger partial charge in [0.1, 0.15) is 11.3 Å². The van der Waals surface area contributed by atoms with Gasteiger partial charge in [-0.05, 0) is 48.6 Å². The monoisotopic (exact) mass is 515 g/mol. The highest BCUT2D eigenvalue weighted by molar-refractivity contribution is 6.06. The molecule has 1 atom stereocenters. The number of rotatable bonds is 12. The molecule has 4 rings (SSSR count). The molecule has 0 unspecified atom stereocenters. The van der Waals surface area contributed by atoms with Gasteiger partial charge in [0.25, 0.3) is 0 Å². The summed E-state index contributed by atoms with van der Waals surface area (Å²) in [6.07, 6.45) is 1.60. The SMILES string of the molecule is CCOC(=O)c1c(Cc2ccccc2)oc2c(OC)cc(CCC(=O)N[C@H](CO)Cc3ccccc3)cc12. The van der Waals surface area contributed by atoms with Gasteiger partial charge in [-0.3, -0.25) is 4.79 Å². The van der Waals surface area contributed by atoms with Gasteiger partial charge < -0.3 is 24.3 Å². The molecule has 2 N–H and O–H groups in total. The number of esters is 1. The number of hydrogen-bond donors (Lipinski definition) is 2. The number of aryl methyl sites for hydroxylation is 1. The zero-order chi connectivity index (χ0) is 26.9. The van der Waals surface area contributed by atoms with E-state index in [9.17, 15) is 14.7 Å². The van der Waals surface area contributed by atoms with Crippen LogP contribution in [0.15, 0.2) is 77.2 Å². The van der Waals surface area contributed by atoms with Gasteiger partial charge in [0.2, 0.25) is 5.91 Å². The highest BCUT2D eigenvalue weighted by Crippen LogP contribution is 2.36. The second-order valence-corrected chi connectivity index (χ2v) is 9.09. The first-order valence-corrected chi connectivity index (χ1v) is 12.8. The lowest BCUT2D eigenvalue weighted by Crippen LogP contribution is -2.39. The number of methoxy groups -OCH3 is 1. The Balaban J connectivity index is 1.56. The molecule has 4 aromatic rings. The Hall–Kier alpha value is -4.10. The van der Waals surface area contributed by atoms with Gasteiger partial charge in [-0.2, -0.15) is 0 Å². The maximum Gasteiger partial charge on any atom is 0.342 e. The molecule has 1 amide bonds. The van der Waals surface area contributed by atoms with E-state index in [1.807, 2.05) is 72.8 Å². The Morgan fingerprint density at radius 2 is 1.66 bits per heavy atom. The number of fused-ring (bicyclic) bond motifs is 1. The van der Waals surface area contributed by atoms with E-state index in [2.05, 4.69) is 5.32 Å². The van der Waals surface area contributed by atoms with Crippen LogP contribution in [-0.4, -0.2) is 43.3 Å². The highest BCUT2D eigenvalue weighted by Gasteiger charge is 2.25. The predicted molar refractivity (Wildman–Crippen MR) is 145 cm³/mol. The second-order valence-electron chi connectivity index (χ2n) is 9.09. The van der Waals surface area contributed by atoms with Crippen molar-refractivity contribution in [3.63, 3.8) is 0 Å². The van der Waals surface area contributed by atoms with Gasteiger partial charge in [-0.15, -0.1) is 0 Å². The molecule has 1 aromatic heterocycles. The third kappa shape index (κ3) is 6.61. The molecule has 198 valence electrons. The summed E-state index contributed by atoms with van der Waals surface area (Å²) in [5.74, 6) is 0.368. The zero-order valence-corrected chi connectivity index (χ0v) is 21.7. The lowest BCUT2D eigenvalue weighted by atomic mass is 10.0. The summed E-state index contributed by atoms with van der Waals surface area (Å²) >= 11 is 0. The van der Waals surface area contributed by atoms with Crippen LogP contribution in [0.1, 0.15) is 46.2 Å². The third-order valence-electron chi connectivity index (χ3n) is 6.35. The summed E-state index contributed by atoms with van der Waals surface area (Å²) in [4.78, 5) is 25.7. The molecule has 0 radical (unpaired) electrons. The van der Waals surface area contributed by atoms with Gasteiger partial charge >= 0.3 is 5.97 Å². The maximum atomic E-state index is 13.0. The smallest absolute Gasteiger partial charge is 0.342 e. The molecule has 0 aliphatic rings. The molecule has 3 aromatic carbocycles. The molecule has 0 fully saturated rings. The Morgan fingerprint density at radius 3 is 2.29 bits per heavy atom. The number of nitrogens with one attached hydrogen (secondary N) is 1. The average molecular weight is 516 g/mol. The zero-order valence-electron chi connectivity index (χ0n) is 21.7. The van der Waals surface area contributed by atoms with Crippen molar-refractivity contribution in [3.05, 3.63) is 101 Å². The molecule has 7 heteroatoms. The summed E-state index contributed by atoms with van der Waals surface area (Å²) in [5.41, 5.74) is 3.71. The maximum absolute atomic E-state index is 13.0. The van der Waals surface area contributed by atoms with Gasteiger partial charge in [0.15, 0.2) is 11.3 Å². The number of ether oxygens (including phenoxy) is 2. The molecule has 1 heterocycles. The lowest BCUT2D eigenvalue weighted by molar-refractivity contribution is -0.122. The van der Waals surface area contributed by atoms with Crippen LogP contribution in [0.2, 0.25) is 0 Å². The van der Waals surface area contributed by atoms with Gasteiger partial charge in [0.05, 0.1) is 26.4 Å². The molecule has 0 saturated heterocycles. The number of benzene rings is 3. The Labute approximate surface area is 222 Å². The van der Waals surface area contributed by atoms with Crippen LogP contribution in [0.4, 0.5) is 0 Å². The molecule has 7 nitrogen and oxygen atoms in total. The van der Waals surface area contributed by atoms with Crippen molar-refractivity contribution in [1.82, 2.24) is 5.32 Å². The lowest BCUT2D eigenvalue weighted by Gasteiger charge is -2.16. The highest BCUT2D eigenvalue weighted by atomic mass is 16.5. The molecule has 0 saturated carbocycles. The largest absolute Gasteiger partial charge is 0.493 e. The number of furan rings is 1. The number of aliphatic hydroxyl groups excluding tert-OH is 1. The summed E-state index contributed by atoms with van der Waals surface area (Å²) in [6, 6.07) is 22.8. The first-order chi connectivity index (χ1) is 18.5. The minimum absolute atomic E-state index is 0.150. The quantitative estimate of drug-likeness (QED) is 0.262. The minimum Gasteiger partial charge on any atom is -0.493 e. The van der Waals surface area contributed by atoms with Crippen LogP contribution < -0.4 is 10.1 Å². The van der Waals surface area contributed by atoms with Crippen molar-refractivity contribution in [2.75, 3.05) is 20.3 Å². The van der Waals surface area contributed by atoms with Crippen LogP contribution >= 0.6 is 0 Å². The third-order valence-corrected chi connectivity index (χ3v) is 6.35. The first kappa shape index (κ1) is 26.9. The average Bonchev–Trinajstić information content (AvgIpc) is 3.30. The number of aliphatic hydroxyl groups is 1. The Kier molecular flexibility index (Phi) is 9.16. The Morgan fingerprint density at radius 1 is 0.974 bits per heavy atom. The molecule has 0 spiro atoms. The standard InChI is InChI=1S/C31H33NO6/c1-3-37-31(35)29-25-17-23(14-15-28(34)32-24(20-33)16-21-10-6-4-7-11-21)19-27(36-2)30(25)38-26(29)18-22-12-8-5-9-13-22/h4-13,17,19,24,33H,3,14-16,18,20H2,1-2H3,(H,32,34)/t24-/m0/s1. The van der Waals surface area contributed by atoms with Crippen LogP contribution in [0.3, 0.4) is 0 Å². The normalized spacial score (nSPS) is 11.8. The van der Waals surface area contributed by atoms with Gasteiger partial charge in [-0.1, -0.05) is 60.7 Å². The van der Waals surface area contributed by atoms with Crippen molar-refractivity contribution >= 4 is 22.8 Å². The molecular weight excluding hydrogens is 482 g/mol. The number of carbonyl (C=O) groups excluding carboxylic acids is 2.